The summed E-state index contributed by atoms with van der Waals surface area (Å²) < 4.78 is 0. The molecule has 1 heterocycles. The summed E-state index contributed by atoms with van der Waals surface area (Å²) >= 11 is 0. The third-order valence-electron chi connectivity index (χ3n) is 5.61. The first-order valence-electron chi connectivity index (χ1n) is 10.4. The van der Waals surface area contributed by atoms with Gasteiger partial charge in [0.1, 0.15) is 11.3 Å². The lowest BCUT2D eigenvalue weighted by atomic mass is 9.72. The Kier molecular flexibility index (Phi) is 4.89. The lowest BCUT2D eigenvalue weighted by Crippen LogP contribution is -2.24. The smallest absolute Gasteiger partial charge is 0.123 e. The van der Waals surface area contributed by atoms with Crippen LogP contribution in [0.4, 0.5) is 0 Å². The number of benzene rings is 3. The largest absolute Gasteiger partial charge is 0.507 e. The van der Waals surface area contributed by atoms with Crippen molar-refractivity contribution in [3.05, 3.63) is 66.2 Å². The highest BCUT2D eigenvalue weighted by Crippen LogP contribution is 2.42. The van der Waals surface area contributed by atoms with Crippen molar-refractivity contribution in [2.24, 2.45) is 5.41 Å². The van der Waals surface area contributed by atoms with Crippen LogP contribution in [0.2, 0.25) is 0 Å². The van der Waals surface area contributed by atoms with Gasteiger partial charge in [0, 0.05) is 11.1 Å². The van der Waals surface area contributed by atoms with E-state index in [0.29, 0.717) is 0 Å². The number of phenolic OH excluding ortho intramolecular Hbond substituents is 1. The van der Waals surface area contributed by atoms with Crippen molar-refractivity contribution in [3.63, 3.8) is 0 Å². The number of fused-ring (bicyclic) bond motifs is 1. The van der Waals surface area contributed by atoms with Gasteiger partial charge in [0.15, 0.2) is 0 Å². The molecule has 0 unspecified atom stereocenters. The predicted octanol–water partition coefficient (Wildman–Crippen LogP) is 6.71. The quantitative estimate of drug-likeness (QED) is 0.401. The molecule has 3 aromatic carbocycles. The summed E-state index contributed by atoms with van der Waals surface area (Å²) in [7, 11) is 0. The molecule has 2 N–H and O–H groups in total. The maximum Gasteiger partial charge on any atom is 0.123 e. The standard InChI is InChI=1S/C26H29N3O/c1-25(2,3)16-26(4,5)17-13-14-23(30)21(15-17)19-10-7-6-9-18(19)20-11-8-12-22-24(20)28-29-27-22/h6-15,30H,16H2,1-5H3,(H,27,28,29). The maximum atomic E-state index is 10.8. The minimum atomic E-state index is -0.0121. The molecule has 4 aromatic rings. The molecule has 0 aliphatic carbocycles. The topological polar surface area (TPSA) is 61.8 Å². The number of aromatic nitrogens is 3. The van der Waals surface area contributed by atoms with E-state index in [1.807, 2.05) is 42.5 Å². The first-order valence-corrected chi connectivity index (χ1v) is 10.4. The van der Waals surface area contributed by atoms with E-state index in [-0.39, 0.29) is 16.6 Å². The highest BCUT2D eigenvalue weighted by Gasteiger charge is 2.28. The van der Waals surface area contributed by atoms with Crippen LogP contribution in [0.1, 0.15) is 46.6 Å². The molecule has 0 spiro atoms. The van der Waals surface area contributed by atoms with E-state index in [0.717, 1.165) is 39.7 Å². The number of nitrogens with zero attached hydrogens (tertiary/aromatic N) is 2. The second-order valence-electron chi connectivity index (χ2n) is 9.91. The Morgan fingerprint density at radius 1 is 0.800 bits per heavy atom. The van der Waals surface area contributed by atoms with Gasteiger partial charge in [-0.15, -0.1) is 5.10 Å². The van der Waals surface area contributed by atoms with E-state index >= 15 is 0 Å². The van der Waals surface area contributed by atoms with Crippen molar-refractivity contribution in [1.29, 1.82) is 0 Å². The number of aromatic amines is 1. The summed E-state index contributed by atoms with van der Waals surface area (Å²) in [4.78, 5) is 0. The van der Waals surface area contributed by atoms with Gasteiger partial charge in [0.05, 0.1) is 5.52 Å². The van der Waals surface area contributed by atoms with Crippen molar-refractivity contribution in [2.75, 3.05) is 0 Å². The SMILES string of the molecule is CC(C)(C)CC(C)(C)c1ccc(O)c(-c2ccccc2-c2cccc3[nH]nnc23)c1. The first kappa shape index (κ1) is 20.1. The fourth-order valence-electron chi connectivity index (χ4n) is 4.64. The fraction of sp³-hybridized carbons (Fsp3) is 0.308. The van der Waals surface area contributed by atoms with Crippen LogP contribution in [0.25, 0.3) is 33.3 Å². The molecule has 0 aliphatic heterocycles. The van der Waals surface area contributed by atoms with Gasteiger partial charge in [-0.3, -0.25) is 5.10 Å². The average Bonchev–Trinajstić information content (AvgIpc) is 3.15. The van der Waals surface area contributed by atoms with E-state index in [2.05, 4.69) is 68.2 Å². The Labute approximate surface area is 178 Å². The maximum absolute atomic E-state index is 10.8. The van der Waals surface area contributed by atoms with Crippen molar-refractivity contribution in [3.8, 4) is 28.0 Å². The molecule has 4 nitrogen and oxygen atoms in total. The zero-order valence-corrected chi connectivity index (χ0v) is 18.3. The normalized spacial score (nSPS) is 12.4. The van der Waals surface area contributed by atoms with Crippen molar-refractivity contribution in [1.82, 2.24) is 15.4 Å². The summed E-state index contributed by atoms with van der Waals surface area (Å²) in [5.41, 5.74) is 6.99. The molecule has 0 bridgehead atoms. The zero-order chi connectivity index (χ0) is 21.5. The van der Waals surface area contributed by atoms with Crippen LogP contribution in [0.3, 0.4) is 0 Å². The summed E-state index contributed by atoms with van der Waals surface area (Å²) in [6, 6.07) is 20.2. The second kappa shape index (κ2) is 7.28. The Hall–Kier alpha value is -3.14. The van der Waals surface area contributed by atoms with Crippen LogP contribution >= 0.6 is 0 Å². The van der Waals surface area contributed by atoms with E-state index in [4.69, 9.17) is 0 Å². The Bertz CT molecular complexity index is 1200. The zero-order valence-electron chi connectivity index (χ0n) is 18.3. The van der Waals surface area contributed by atoms with Gasteiger partial charge in [-0.2, -0.15) is 0 Å². The molecule has 0 saturated heterocycles. The van der Waals surface area contributed by atoms with Gasteiger partial charge in [-0.25, -0.2) is 0 Å². The average molecular weight is 400 g/mol. The molecule has 154 valence electrons. The van der Waals surface area contributed by atoms with E-state index in [1.54, 1.807) is 0 Å². The molecule has 4 rings (SSSR count). The number of H-pyrrole nitrogens is 1. The van der Waals surface area contributed by atoms with Crippen molar-refractivity contribution >= 4 is 11.0 Å². The van der Waals surface area contributed by atoms with Gasteiger partial charge >= 0.3 is 0 Å². The molecule has 1 aromatic heterocycles. The highest BCUT2D eigenvalue weighted by atomic mass is 16.3. The molecule has 30 heavy (non-hydrogen) atoms. The van der Waals surface area contributed by atoms with Crippen LogP contribution in [0, 0.1) is 5.41 Å². The van der Waals surface area contributed by atoms with E-state index < -0.39 is 0 Å². The number of rotatable bonds is 4. The summed E-state index contributed by atoms with van der Waals surface area (Å²) in [5.74, 6) is 0.282. The van der Waals surface area contributed by atoms with Crippen molar-refractivity contribution in [2.45, 2.75) is 46.5 Å². The molecule has 0 radical (unpaired) electrons. The van der Waals surface area contributed by atoms with Crippen molar-refractivity contribution < 1.29 is 5.11 Å². The number of aromatic hydroxyl groups is 1. The third-order valence-corrected chi connectivity index (χ3v) is 5.61. The lowest BCUT2D eigenvalue weighted by molar-refractivity contribution is 0.284. The highest BCUT2D eigenvalue weighted by molar-refractivity contribution is 5.97. The van der Waals surface area contributed by atoms with E-state index in [9.17, 15) is 5.11 Å². The molecule has 0 saturated carbocycles. The molecule has 0 fully saturated rings. The molecule has 0 amide bonds. The summed E-state index contributed by atoms with van der Waals surface area (Å²) in [5, 5.41) is 22.0. The number of nitrogens with one attached hydrogen (secondary N) is 1. The predicted molar refractivity (Wildman–Crippen MR) is 124 cm³/mol. The summed E-state index contributed by atoms with van der Waals surface area (Å²) in [6.07, 6.45) is 1.05. The van der Waals surface area contributed by atoms with Crippen LogP contribution in [-0.2, 0) is 5.41 Å². The summed E-state index contributed by atoms with van der Waals surface area (Å²) in [6.45, 7) is 11.4. The number of hydrogen-bond donors (Lipinski definition) is 2. The minimum absolute atomic E-state index is 0.0121. The van der Waals surface area contributed by atoms with Gasteiger partial charge in [0.25, 0.3) is 0 Å². The lowest BCUT2D eigenvalue weighted by Gasteiger charge is -2.33. The minimum Gasteiger partial charge on any atom is -0.507 e. The number of phenols is 1. The molecular weight excluding hydrogens is 370 g/mol. The first-order chi connectivity index (χ1) is 14.2. The molecule has 4 heteroatoms. The third kappa shape index (κ3) is 3.82. The molecule has 0 aliphatic rings. The van der Waals surface area contributed by atoms with Crippen LogP contribution in [0.5, 0.6) is 5.75 Å². The second-order valence-corrected chi connectivity index (χ2v) is 9.91. The van der Waals surface area contributed by atoms with Gasteiger partial charge < -0.3 is 5.11 Å². The Morgan fingerprint density at radius 2 is 1.47 bits per heavy atom. The van der Waals surface area contributed by atoms with Crippen LogP contribution in [-0.4, -0.2) is 20.5 Å². The Morgan fingerprint density at radius 3 is 2.17 bits per heavy atom. The monoisotopic (exact) mass is 399 g/mol. The van der Waals surface area contributed by atoms with Gasteiger partial charge in [-0.1, -0.05) is 82.3 Å². The fourth-order valence-corrected chi connectivity index (χ4v) is 4.64. The van der Waals surface area contributed by atoms with Crippen LogP contribution < -0.4 is 0 Å². The van der Waals surface area contributed by atoms with Gasteiger partial charge in [-0.05, 0) is 52.1 Å². The molecular formula is C26H29N3O. The van der Waals surface area contributed by atoms with Crippen LogP contribution in [0.15, 0.2) is 60.7 Å². The van der Waals surface area contributed by atoms with E-state index in [1.165, 1.54) is 5.56 Å². The Balaban J connectivity index is 1.88. The van der Waals surface area contributed by atoms with Gasteiger partial charge in [0.2, 0.25) is 0 Å². The number of hydrogen-bond acceptors (Lipinski definition) is 3. The molecule has 0 atom stereocenters.